The molecule has 3 aromatic carbocycles. The number of nitrogens with one attached hydrogen (secondary N) is 3. The number of anilines is 3. The molecule has 1 saturated carbocycles. The second-order valence-electron chi connectivity index (χ2n) is 11.1. The summed E-state index contributed by atoms with van der Waals surface area (Å²) in [5.74, 6) is -2.61. The number of alkyl halides is 6. The molecule has 0 saturated heterocycles. The predicted molar refractivity (Wildman–Crippen MR) is 173 cm³/mol. The third kappa shape index (κ3) is 11.4. The van der Waals surface area contributed by atoms with Crippen molar-refractivity contribution < 1.29 is 53.8 Å². The van der Waals surface area contributed by atoms with Crippen LogP contribution in [0.3, 0.4) is 0 Å². The number of aliphatic carboxylic acids is 1. The van der Waals surface area contributed by atoms with Gasteiger partial charge in [0.25, 0.3) is 0 Å². The van der Waals surface area contributed by atoms with E-state index >= 15 is 0 Å². The van der Waals surface area contributed by atoms with Crippen LogP contribution in [0.5, 0.6) is 5.75 Å². The predicted octanol–water partition coefficient (Wildman–Crippen LogP) is 8.00. The molecule has 50 heavy (non-hydrogen) atoms. The number of para-hydroxylation sites is 1. The Labute approximate surface area is 289 Å². The van der Waals surface area contributed by atoms with Crippen molar-refractivity contribution in [2.24, 2.45) is 11.8 Å². The second-order valence-corrected chi connectivity index (χ2v) is 13.8. The summed E-state index contributed by atoms with van der Waals surface area (Å²) in [5.41, 5.74) is 1.29. The Kier molecular flexibility index (Phi) is 12.5. The van der Waals surface area contributed by atoms with Gasteiger partial charge in [0, 0.05) is 28.6 Å². The van der Waals surface area contributed by atoms with Crippen LogP contribution in [0.15, 0.2) is 76.1 Å². The molecule has 0 radical (unpaired) electrons. The van der Waals surface area contributed by atoms with Gasteiger partial charge in [-0.05, 0) is 86.1 Å². The topological polar surface area (TPSA) is 143 Å². The Balaban J connectivity index is 0.000000727. The molecule has 10 nitrogen and oxygen atoms in total. The zero-order valence-electron chi connectivity index (χ0n) is 25.7. The van der Waals surface area contributed by atoms with Crippen LogP contribution in [0.25, 0.3) is 10.9 Å². The monoisotopic (exact) mass is 795 g/mol. The number of ether oxygens (including phenoxy) is 1. The maximum absolute atomic E-state index is 13.7. The van der Waals surface area contributed by atoms with Gasteiger partial charge in [-0.1, -0.05) is 34.1 Å². The molecule has 4 aromatic rings. The molecule has 0 atom stereocenters. The van der Waals surface area contributed by atoms with Gasteiger partial charge in [-0.3, -0.25) is 0 Å². The highest BCUT2D eigenvalue weighted by molar-refractivity contribution is 9.10. The molecule has 0 aliphatic heterocycles. The van der Waals surface area contributed by atoms with Crippen LogP contribution in [0.2, 0.25) is 0 Å². The van der Waals surface area contributed by atoms with Gasteiger partial charge >= 0.3 is 18.5 Å². The maximum atomic E-state index is 13.7. The summed E-state index contributed by atoms with van der Waals surface area (Å²) >= 11 is 3.04. The summed E-state index contributed by atoms with van der Waals surface area (Å²) in [7, 11) is -4.24. The lowest BCUT2D eigenvalue weighted by molar-refractivity contribution is -0.275. The van der Waals surface area contributed by atoms with E-state index in [0.29, 0.717) is 29.9 Å². The Morgan fingerprint density at radius 3 is 2.16 bits per heavy atom. The molecule has 0 unspecified atom stereocenters. The fraction of sp³-hybridized carbons (Fsp3) is 0.323. The van der Waals surface area contributed by atoms with E-state index in [9.17, 15) is 39.2 Å². The first-order valence-electron chi connectivity index (χ1n) is 14.8. The minimum absolute atomic E-state index is 0.0347. The zero-order chi connectivity index (χ0) is 36.7. The lowest BCUT2D eigenvalue weighted by Crippen LogP contribution is -2.33. The van der Waals surface area contributed by atoms with E-state index in [2.05, 4.69) is 46.0 Å². The minimum Gasteiger partial charge on any atom is -0.475 e. The van der Waals surface area contributed by atoms with Gasteiger partial charge in [-0.15, -0.1) is 13.2 Å². The standard InChI is InChI=1S/C29H28BrF4N5O3S.C2HF3O2/c30-20-12-13-26(25(14-20)42-29(32,33)34)43(40,41)36-17-19-10-8-18(9-11-19)16-35-28-38-24-7-2-1-6-23(24)27(39-28)37-22-5-3-4-21(31)15-22;3-2(4,5)1(6)7/h1-7,12-15,18-19,36H,8-11,16-17H2,(H2,35,37,38,39);(H,6,7). The lowest BCUT2D eigenvalue weighted by atomic mass is 9.82. The molecule has 1 aliphatic rings. The highest BCUT2D eigenvalue weighted by Crippen LogP contribution is 2.34. The molecule has 0 amide bonds. The van der Waals surface area contributed by atoms with Crippen LogP contribution in [-0.2, 0) is 14.8 Å². The second kappa shape index (κ2) is 16.2. The summed E-state index contributed by atoms with van der Waals surface area (Å²) in [6.07, 6.45) is -6.99. The van der Waals surface area contributed by atoms with E-state index in [1.807, 2.05) is 24.3 Å². The highest BCUT2D eigenvalue weighted by Gasteiger charge is 2.38. The summed E-state index contributed by atoms with van der Waals surface area (Å²) in [6.45, 7) is 0.708. The maximum Gasteiger partial charge on any atom is 0.573 e. The van der Waals surface area contributed by atoms with E-state index < -0.39 is 39.2 Å². The Morgan fingerprint density at radius 1 is 0.900 bits per heavy atom. The Morgan fingerprint density at radius 2 is 1.54 bits per heavy atom. The van der Waals surface area contributed by atoms with Crippen molar-refractivity contribution in [2.45, 2.75) is 43.1 Å². The first kappa shape index (κ1) is 38.6. The van der Waals surface area contributed by atoms with Gasteiger partial charge in [0.2, 0.25) is 16.0 Å². The number of aromatic nitrogens is 2. The van der Waals surface area contributed by atoms with Gasteiger partial charge < -0.3 is 20.5 Å². The van der Waals surface area contributed by atoms with E-state index in [4.69, 9.17) is 9.90 Å². The number of carbonyl (C=O) groups is 1. The van der Waals surface area contributed by atoms with Crippen molar-refractivity contribution in [3.05, 3.63) is 77.0 Å². The van der Waals surface area contributed by atoms with Gasteiger partial charge in [-0.25, -0.2) is 27.3 Å². The molecule has 4 N–H and O–H groups in total. The van der Waals surface area contributed by atoms with Gasteiger partial charge in [0.1, 0.15) is 16.5 Å². The molecule has 1 heterocycles. The number of rotatable bonds is 10. The van der Waals surface area contributed by atoms with E-state index in [-0.39, 0.29) is 22.8 Å². The minimum atomic E-state index is -5.08. The summed E-state index contributed by atoms with van der Waals surface area (Å²) in [6, 6.07) is 17.0. The summed E-state index contributed by atoms with van der Waals surface area (Å²) in [5, 5.41) is 14.4. The summed E-state index contributed by atoms with van der Waals surface area (Å²) in [4.78, 5) is 17.6. The molecular weight excluding hydrogens is 767 g/mol. The van der Waals surface area contributed by atoms with E-state index in [0.717, 1.165) is 48.7 Å². The molecule has 19 heteroatoms. The molecule has 5 rings (SSSR count). The number of hydrogen-bond acceptors (Lipinski definition) is 8. The molecule has 1 fully saturated rings. The first-order valence-corrected chi connectivity index (χ1v) is 17.1. The zero-order valence-corrected chi connectivity index (χ0v) is 28.1. The third-order valence-electron chi connectivity index (χ3n) is 7.43. The molecule has 270 valence electrons. The van der Waals surface area contributed by atoms with Crippen molar-refractivity contribution in [3.63, 3.8) is 0 Å². The number of fused-ring (bicyclic) bond motifs is 1. The Hall–Kier alpha value is -4.23. The van der Waals surface area contributed by atoms with Gasteiger partial charge in [0.15, 0.2) is 5.75 Å². The van der Waals surface area contributed by atoms with Crippen LogP contribution in [0, 0.1) is 17.7 Å². The van der Waals surface area contributed by atoms with Crippen molar-refractivity contribution in [3.8, 4) is 5.75 Å². The van der Waals surface area contributed by atoms with Crippen molar-refractivity contribution >= 4 is 60.3 Å². The number of carboxylic acids is 1. The van der Waals surface area contributed by atoms with Crippen molar-refractivity contribution in [1.82, 2.24) is 14.7 Å². The first-order chi connectivity index (χ1) is 23.4. The SMILES string of the molecule is O=C(O)C(F)(F)F.O=S(=O)(NCC1CCC(CNc2nc(Nc3cccc(F)c3)c3ccccc3n2)CC1)c1ccc(Br)cc1OC(F)(F)F. The fourth-order valence-corrected chi connectivity index (χ4v) is 6.61. The smallest absolute Gasteiger partial charge is 0.475 e. The number of benzene rings is 3. The van der Waals surface area contributed by atoms with Crippen LogP contribution in [-0.4, -0.2) is 55.1 Å². The van der Waals surface area contributed by atoms with E-state index in [1.165, 1.54) is 18.2 Å². The average molecular weight is 797 g/mol. The lowest BCUT2D eigenvalue weighted by Gasteiger charge is -2.28. The van der Waals surface area contributed by atoms with Gasteiger partial charge in [-0.2, -0.15) is 18.2 Å². The number of hydrogen-bond donors (Lipinski definition) is 4. The Bertz CT molecular complexity index is 1910. The number of nitrogens with zero attached hydrogens (tertiary/aromatic N) is 2. The van der Waals surface area contributed by atoms with Crippen LogP contribution < -0.4 is 20.1 Å². The van der Waals surface area contributed by atoms with Crippen LogP contribution in [0.4, 0.5) is 48.2 Å². The highest BCUT2D eigenvalue weighted by atomic mass is 79.9. The van der Waals surface area contributed by atoms with Crippen molar-refractivity contribution in [1.29, 1.82) is 0 Å². The molecule has 0 spiro atoms. The normalized spacial score (nSPS) is 16.6. The molecule has 0 bridgehead atoms. The number of halogens is 8. The quantitative estimate of drug-likeness (QED) is 0.118. The van der Waals surface area contributed by atoms with Crippen LogP contribution >= 0.6 is 15.9 Å². The average Bonchev–Trinajstić information content (AvgIpc) is 3.02. The van der Waals surface area contributed by atoms with E-state index in [1.54, 1.807) is 12.1 Å². The van der Waals surface area contributed by atoms with Gasteiger partial charge in [0.05, 0.1) is 5.52 Å². The number of carboxylic acid groups (broad SMARTS) is 1. The summed E-state index contributed by atoms with van der Waals surface area (Å²) < 4.78 is 116. The van der Waals surface area contributed by atoms with Crippen LogP contribution in [0.1, 0.15) is 25.7 Å². The fourth-order valence-electron chi connectivity index (χ4n) is 5.04. The number of sulfonamides is 1. The molecular formula is C31H29BrF7N5O5S. The van der Waals surface area contributed by atoms with Crippen molar-refractivity contribution in [2.75, 3.05) is 23.7 Å². The molecule has 1 aromatic heterocycles. The largest absolute Gasteiger partial charge is 0.573 e. The third-order valence-corrected chi connectivity index (χ3v) is 9.39. The molecule has 1 aliphatic carbocycles.